The standard InChI is InChI=1S/C17H27N5O/c1-12-9-13(2)21-17(20-12)22-8-4-5-14(11-22)10-19-16(23)15-6-3-7-18-15/h9,14-15,18H,3-8,10-11H2,1-2H3,(H,19,23). The second-order valence-corrected chi connectivity index (χ2v) is 6.80. The number of carbonyl (C=O) groups is 1. The first kappa shape index (κ1) is 16.2. The van der Waals surface area contributed by atoms with E-state index in [-0.39, 0.29) is 11.9 Å². The third kappa shape index (κ3) is 4.19. The summed E-state index contributed by atoms with van der Waals surface area (Å²) in [5.41, 5.74) is 2.02. The lowest BCUT2D eigenvalue weighted by molar-refractivity contribution is -0.122. The molecular weight excluding hydrogens is 290 g/mol. The van der Waals surface area contributed by atoms with Crippen LogP contribution in [0.2, 0.25) is 0 Å². The van der Waals surface area contributed by atoms with E-state index in [9.17, 15) is 4.79 Å². The highest BCUT2D eigenvalue weighted by Crippen LogP contribution is 2.20. The Hall–Kier alpha value is -1.69. The quantitative estimate of drug-likeness (QED) is 0.872. The molecule has 0 saturated carbocycles. The summed E-state index contributed by atoms with van der Waals surface area (Å²) < 4.78 is 0. The van der Waals surface area contributed by atoms with Gasteiger partial charge in [-0.1, -0.05) is 0 Å². The van der Waals surface area contributed by atoms with Gasteiger partial charge in [-0.15, -0.1) is 0 Å². The first-order valence-corrected chi connectivity index (χ1v) is 8.70. The highest BCUT2D eigenvalue weighted by atomic mass is 16.2. The van der Waals surface area contributed by atoms with Crippen LogP contribution in [0.5, 0.6) is 0 Å². The lowest BCUT2D eigenvalue weighted by Crippen LogP contribution is -2.45. The molecule has 2 aliphatic rings. The van der Waals surface area contributed by atoms with Gasteiger partial charge in [-0.25, -0.2) is 9.97 Å². The molecule has 2 saturated heterocycles. The molecule has 2 fully saturated rings. The number of piperidine rings is 1. The summed E-state index contributed by atoms with van der Waals surface area (Å²) in [6.45, 7) is 7.64. The highest BCUT2D eigenvalue weighted by molar-refractivity contribution is 5.81. The summed E-state index contributed by atoms with van der Waals surface area (Å²) in [5.74, 6) is 1.46. The molecule has 0 spiro atoms. The molecule has 6 nitrogen and oxygen atoms in total. The minimum Gasteiger partial charge on any atom is -0.354 e. The van der Waals surface area contributed by atoms with Crippen LogP contribution in [-0.2, 0) is 4.79 Å². The number of nitrogens with one attached hydrogen (secondary N) is 2. The van der Waals surface area contributed by atoms with E-state index in [1.807, 2.05) is 19.9 Å². The van der Waals surface area contributed by atoms with E-state index in [0.29, 0.717) is 5.92 Å². The Kier molecular flexibility index (Phi) is 5.10. The molecule has 2 atom stereocenters. The van der Waals surface area contributed by atoms with Gasteiger partial charge in [0, 0.05) is 31.0 Å². The Morgan fingerprint density at radius 2 is 2.09 bits per heavy atom. The molecule has 3 rings (SSSR count). The summed E-state index contributed by atoms with van der Waals surface area (Å²) in [6, 6.07) is 2.01. The molecule has 0 aliphatic carbocycles. The highest BCUT2D eigenvalue weighted by Gasteiger charge is 2.25. The average Bonchev–Trinajstić information content (AvgIpc) is 3.06. The van der Waals surface area contributed by atoms with E-state index in [1.165, 1.54) is 0 Å². The van der Waals surface area contributed by atoms with Crippen LogP contribution in [0.3, 0.4) is 0 Å². The molecule has 3 heterocycles. The lowest BCUT2D eigenvalue weighted by Gasteiger charge is -2.33. The van der Waals surface area contributed by atoms with Crippen molar-refractivity contribution in [2.24, 2.45) is 5.92 Å². The Balaban J connectivity index is 1.54. The number of aromatic nitrogens is 2. The van der Waals surface area contributed by atoms with Crippen molar-refractivity contribution in [2.45, 2.75) is 45.6 Å². The summed E-state index contributed by atoms with van der Waals surface area (Å²) >= 11 is 0. The van der Waals surface area contributed by atoms with E-state index in [2.05, 4.69) is 25.5 Å². The number of anilines is 1. The normalized spacial score (nSPS) is 24.7. The molecule has 6 heteroatoms. The van der Waals surface area contributed by atoms with Crippen LogP contribution in [0.25, 0.3) is 0 Å². The summed E-state index contributed by atoms with van der Waals surface area (Å²) in [4.78, 5) is 23.5. The second kappa shape index (κ2) is 7.25. The fourth-order valence-electron chi connectivity index (χ4n) is 3.54. The lowest BCUT2D eigenvalue weighted by atomic mass is 9.98. The van der Waals surface area contributed by atoms with Gasteiger partial charge in [0.05, 0.1) is 6.04 Å². The Morgan fingerprint density at radius 3 is 2.78 bits per heavy atom. The largest absolute Gasteiger partial charge is 0.354 e. The molecular formula is C17H27N5O. The van der Waals surface area contributed by atoms with E-state index in [4.69, 9.17) is 0 Å². The molecule has 2 unspecified atom stereocenters. The van der Waals surface area contributed by atoms with E-state index in [1.54, 1.807) is 0 Å². The van der Waals surface area contributed by atoms with Gasteiger partial charge in [0.1, 0.15) is 0 Å². The van der Waals surface area contributed by atoms with E-state index < -0.39 is 0 Å². The average molecular weight is 317 g/mol. The minimum absolute atomic E-state index is 0.0115. The van der Waals surface area contributed by atoms with Crippen LogP contribution < -0.4 is 15.5 Å². The number of rotatable bonds is 4. The van der Waals surface area contributed by atoms with Crippen molar-refractivity contribution >= 4 is 11.9 Å². The monoisotopic (exact) mass is 317 g/mol. The molecule has 23 heavy (non-hydrogen) atoms. The minimum atomic E-state index is 0.0115. The molecule has 2 aliphatic heterocycles. The maximum Gasteiger partial charge on any atom is 0.237 e. The van der Waals surface area contributed by atoms with Gasteiger partial charge in [0.25, 0.3) is 0 Å². The number of hydrogen-bond acceptors (Lipinski definition) is 5. The molecule has 2 N–H and O–H groups in total. The van der Waals surface area contributed by atoms with Crippen LogP contribution in [0.15, 0.2) is 6.07 Å². The maximum atomic E-state index is 12.1. The Labute approximate surface area is 138 Å². The summed E-state index contributed by atoms with van der Waals surface area (Å²) in [5, 5.41) is 6.37. The molecule has 0 bridgehead atoms. The Morgan fingerprint density at radius 1 is 1.30 bits per heavy atom. The maximum absolute atomic E-state index is 12.1. The zero-order valence-corrected chi connectivity index (χ0v) is 14.1. The van der Waals surface area contributed by atoms with Gasteiger partial charge in [-0.3, -0.25) is 4.79 Å². The zero-order chi connectivity index (χ0) is 16.2. The summed E-state index contributed by atoms with van der Waals surface area (Å²) in [6.07, 6.45) is 4.33. The molecule has 1 aromatic heterocycles. The van der Waals surface area contributed by atoms with Crippen molar-refractivity contribution in [1.29, 1.82) is 0 Å². The Bertz CT molecular complexity index is 536. The van der Waals surface area contributed by atoms with Gasteiger partial charge >= 0.3 is 0 Å². The van der Waals surface area contributed by atoms with Crippen LogP contribution >= 0.6 is 0 Å². The molecule has 0 radical (unpaired) electrons. The molecule has 1 amide bonds. The van der Waals surface area contributed by atoms with Crippen molar-refractivity contribution < 1.29 is 4.79 Å². The molecule has 1 aromatic rings. The SMILES string of the molecule is Cc1cc(C)nc(N2CCCC(CNC(=O)C3CCCN3)C2)n1. The van der Waals surface area contributed by atoms with Crippen molar-refractivity contribution in [3.8, 4) is 0 Å². The van der Waals surface area contributed by atoms with Crippen LogP contribution in [-0.4, -0.2) is 48.1 Å². The van der Waals surface area contributed by atoms with Crippen molar-refractivity contribution in [2.75, 3.05) is 31.1 Å². The number of aryl methyl sites for hydroxylation is 2. The van der Waals surface area contributed by atoms with Crippen molar-refractivity contribution in [1.82, 2.24) is 20.6 Å². The zero-order valence-electron chi connectivity index (χ0n) is 14.1. The number of nitrogens with zero attached hydrogens (tertiary/aromatic N) is 3. The van der Waals surface area contributed by atoms with Gasteiger partial charge in [-0.05, 0) is 58.1 Å². The van der Waals surface area contributed by atoms with Gasteiger partial charge in [-0.2, -0.15) is 0 Å². The number of amides is 1. The van der Waals surface area contributed by atoms with Crippen LogP contribution in [0.1, 0.15) is 37.1 Å². The first-order chi connectivity index (χ1) is 11.1. The molecule has 0 aromatic carbocycles. The number of carbonyl (C=O) groups excluding carboxylic acids is 1. The molecule has 126 valence electrons. The van der Waals surface area contributed by atoms with Crippen molar-refractivity contribution in [3.63, 3.8) is 0 Å². The van der Waals surface area contributed by atoms with E-state index >= 15 is 0 Å². The predicted octanol–water partition coefficient (Wildman–Crippen LogP) is 1.18. The third-order valence-corrected chi connectivity index (χ3v) is 4.71. The first-order valence-electron chi connectivity index (χ1n) is 8.70. The predicted molar refractivity (Wildman–Crippen MR) is 90.5 cm³/mol. The van der Waals surface area contributed by atoms with Crippen LogP contribution in [0, 0.1) is 19.8 Å². The topological polar surface area (TPSA) is 70.2 Å². The summed E-state index contributed by atoms with van der Waals surface area (Å²) in [7, 11) is 0. The van der Waals surface area contributed by atoms with Crippen molar-refractivity contribution in [3.05, 3.63) is 17.5 Å². The van der Waals surface area contributed by atoms with Crippen LogP contribution in [0.4, 0.5) is 5.95 Å². The van der Waals surface area contributed by atoms with Gasteiger partial charge in [0.2, 0.25) is 11.9 Å². The van der Waals surface area contributed by atoms with E-state index in [0.717, 1.165) is 69.2 Å². The fraction of sp³-hybridized carbons (Fsp3) is 0.706. The van der Waals surface area contributed by atoms with Gasteiger partial charge < -0.3 is 15.5 Å². The second-order valence-electron chi connectivity index (χ2n) is 6.80. The number of hydrogen-bond donors (Lipinski definition) is 2. The van der Waals surface area contributed by atoms with Gasteiger partial charge in [0.15, 0.2) is 0 Å². The smallest absolute Gasteiger partial charge is 0.237 e. The third-order valence-electron chi connectivity index (χ3n) is 4.71. The fourth-order valence-corrected chi connectivity index (χ4v) is 3.54.